The van der Waals surface area contributed by atoms with Crippen molar-refractivity contribution in [2.24, 2.45) is 0 Å². The smallest absolute Gasteiger partial charge is 0.145 e. The number of anilines is 1. The van der Waals surface area contributed by atoms with E-state index in [2.05, 4.69) is 68.6 Å². The number of benzene rings is 2. The maximum Gasteiger partial charge on any atom is 0.145 e. The Morgan fingerprint density at radius 2 is 1.73 bits per heavy atom. The molecule has 0 amide bonds. The summed E-state index contributed by atoms with van der Waals surface area (Å²) in [5, 5.41) is 13.6. The molecule has 0 saturated heterocycles. The summed E-state index contributed by atoms with van der Waals surface area (Å²) in [5.41, 5.74) is 5.61. The molecule has 30 heavy (non-hydrogen) atoms. The Morgan fingerprint density at radius 3 is 2.40 bits per heavy atom. The summed E-state index contributed by atoms with van der Waals surface area (Å²) in [6, 6.07) is 23.1. The quantitative estimate of drug-likeness (QED) is 0.616. The first-order chi connectivity index (χ1) is 14.5. The topological polar surface area (TPSA) is 57.9 Å². The lowest BCUT2D eigenvalue weighted by Gasteiger charge is -2.34. The number of nitrogens with one attached hydrogen (secondary N) is 1. The van der Waals surface area contributed by atoms with Gasteiger partial charge >= 0.3 is 0 Å². The fourth-order valence-corrected chi connectivity index (χ4v) is 4.08. The molecule has 3 aromatic rings. The fourth-order valence-electron chi connectivity index (χ4n) is 4.08. The molecule has 0 aliphatic carbocycles. The Bertz CT molecular complexity index is 1070. The highest BCUT2D eigenvalue weighted by atomic mass is 16.5. The molecule has 4 rings (SSSR count). The van der Waals surface area contributed by atoms with E-state index in [1.807, 2.05) is 24.3 Å². The molecule has 1 aliphatic rings. The first kappa shape index (κ1) is 20.1. The summed E-state index contributed by atoms with van der Waals surface area (Å²) >= 11 is 0. The second kappa shape index (κ2) is 8.30. The van der Waals surface area contributed by atoms with Gasteiger partial charge in [-0.1, -0.05) is 60.7 Å². The van der Waals surface area contributed by atoms with Crippen molar-refractivity contribution in [3.05, 3.63) is 82.9 Å². The third-order valence-electron chi connectivity index (χ3n) is 5.55. The Labute approximate surface area is 178 Å². The van der Waals surface area contributed by atoms with E-state index in [1.54, 1.807) is 0 Å². The molecule has 0 unspecified atom stereocenters. The first-order valence-corrected chi connectivity index (χ1v) is 10.4. The zero-order valence-electron chi connectivity index (χ0n) is 17.8. The van der Waals surface area contributed by atoms with Crippen LogP contribution in [0.3, 0.4) is 0 Å². The van der Waals surface area contributed by atoms with Crippen molar-refractivity contribution in [2.75, 3.05) is 5.32 Å². The summed E-state index contributed by atoms with van der Waals surface area (Å²) in [6.07, 6.45) is 1.55. The van der Waals surface area contributed by atoms with Crippen LogP contribution in [-0.4, -0.2) is 16.6 Å². The summed E-state index contributed by atoms with van der Waals surface area (Å²) in [4.78, 5) is 4.94. The second-order valence-electron chi connectivity index (χ2n) is 8.58. The average Bonchev–Trinajstić information content (AvgIpc) is 2.73. The highest BCUT2D eigenvalue weighted by molar-refractivity contribution is 5.72. The van der Waals surface area contributed by atoms with Gasteiger partial charge in [-0.2, -0.15) is 5.26 Å². The van der Waals surface area contributed by atoms with Gasteiger partial charge in [0.2, 0.25) is 0 Å². The number of ether oxygens (including phenoxy) is 1. The predicted molar refractivity (Wildman–Crippen MR) is 120 cm³/mol. The zero-order valence-corrected chi connectivity index (χ0v) is 17.8. The number of rotatable bonds is 5. The van der Waals surface area contributed by atoms with Crippen molar-refractivity contribution in [3.63, 3.8) is 0 Å². The van der Waals surface area contributed by atoms with Crippen LogP contribution < -0.4 is 5.32 Å². The van der Waals surface area contributed by atoms with E-state index in [0.29, 0.717) is 24.4 Å². The highest BCUT2D eigenvalue weighted by Gasteiger charge is 2.32. The SMILES string of the molecule is C[C@H](Cc1ccccc1)Nc1nc(-c2ccccc2)c2c(c1C#N)CC(C)(C)OC2. The Morgan fingerprint density at radius 1 is 1.07 bits per heavy atom. The van der Waals surface area contributed by atoms with E-state index in [1.165, 1.54) is 5.56 Å². The Hall–Kier alpha value is -3.16. The molecule has 152 valence electrons. The standard InChI is InChI=1S/C26H27N3O/c1-18(14-19-10-6-4-7-11-19)28-25-22(16-27)21-15-26(2,3)30-17-23(21)24(29-25)20-12-8-5-9-13-20/h4-13,18H,14-15,17H2,1-3H3,(H,28,29)/t18-/m1/s1. The monoisotopic (exact) mass is 397 g/mol. The van der Waals surface area contributed by atoms with Crippen LogP contribution in [0.5, 0.6) is 0 Å². The minimum atomic E-state index is -0.305. The van der Waals surface area contributed by atoms with Gasteiger partial charge in [-0.3, -0.25) is 0 Å². The highest BCUT2D eigenvalue weighted by Crippen LogP contribution is 2.38. The van der Waals surface area contributed by atoms with Crippen molar-refractivity contribution < 1.29 is 4.74 Å². The molecule has 4 nitrogen and oxygen atoms in total. The second-order valence-corrected chi connectivity index (χ2v) is 8.58. The van der Waals surface area contributed by atoms with Crippen molar-refractivity contribution in [3.8, 4) is 17.3 Å². The van der Waals surface area contributed by atoms with Gasteiger partial charge in [0.05, 0.1) is 23.5 Å². The molecule has 1 atom stereocenters. The van der Waals surface area contributed by atoms with E-state index >= 15 is 0 Å². The van der Waals surface area contributed by atoms with Gasteiger partial charge in [0.1, 0.15) is 11.9 Å². The maximum absolute atomic E-state index is 10.0. The van der Waals surface area contributed by atoms with Gasteiger partial charge < -0.3 is 10.1 Å². The minimum absolute atomic E-state index is 0.140. The van der Waals surface area contributed by atoms with Crippen LogP contribution >= 0.6 is 0 Å². The molecule has 1 N–H and O–H groups in total. The van der Waals surface area contributed by atoms with Crippen LogP contribution in [0, 0.1) is 11.3 Å². The number of nitrogens with zero attached hydrogens (tertiary/aromatic N) is 2. The maximum atomic E-state index is 10.0. The number of hydrogen-bond donors (Lipinski definition) is 1. The molecule has 1 aliphatic heterocycles. The lowest BCUT2D eigenvalue weighted by molar-refractivity contribution is -0.0400. The van der Waals surface area contributed by atoms with Crippen LogP contribution in [0.2, 0.25) is 0 Å². The van der Waals surface area contributed by atoms with Gasteiger partial charge in [-0.05, 0) is 38.3 Å². The van der Waals surface area contributed by atoms with E-state index < -0.39 is 0 Å². The van der Waals surface area contributed by atoms with Gasteiger partial charge in [0.15, 0.2) is 0 Å². The van der Waals surface area contributed by atoms with Crippen molar-refractivity contribution in [1.29, 1.82) is 5.26 Å². The molecule has 2 heterocycles. The predicted octanol–water partition coefficient (Wildman–Crippen LogP) is 5.51. The van der Waals surface area contributed by atoms with Gasteiger partial charge in [-0.25, -0.2) is 4.98 Å². The minimum Gasteiger partial charge on any atom is -0.370 e. The normalized spacial score (nSPS) is 15.7. The number of pyridine rings is 1. The zero-order chi connectivity index (χ0) is 21.1. The van der Waals surface area contributed by atoms with Crippen molar-refractivity contribution in [2.45, 2.75) is 51.9 Å². The van der Waals surface area contributed by atoms with Gasteiger partial charge in [0.25, 0.3) is 0 Å². The van der Waals surface area contributed by atoms with Crippen LogP contribution in [0.15, 0.2) is 60.7 Å². The lowest BCUT2D eigenvalue weighted by atomic mass is 9.87. The number of aromatic nitrogens is 1. The number of nitriles is 1. The summed E-state index contributed by atoms with van der Waals surface area (Å²) in [5.74, 6) is 0.663. The van der Waals surface area contributed by atoms with Crippen LogP contribution in [0.1, 0.15) is 43.0 Å². The first-order valence-electron chi connectivity index (χ1n) is 10.4. The van der Waals surface area contributed by atoms with E-state index in [4.69, 9.17) is 9.72 Å². The molecule has 0 saturated carbocycles. The molecular weight excluding hydrogens is 370 g/mol. The third kappa shape index (κ3) is 4.22. The lowest BCUT2D eigenvalue weighted by Crippen LogP contribution is -2.33. The summed E-state index contributed by atoms with van der Waals surface area (Å²) < 4.78 is 6.08. The third-order valence-corrected chi connectivity index (χ3v) is 5.55. The summed E-state index contributed by atoms with van der Waals surface area (Å²) in [7, 11) is 0. The van der Waals surface area contributed by atoms with E-state index in [9.17, 15) is 5.26 Å². The molecule has 0 radical (unpaired) electrons. The largest absolute Gasteiger partial charge is 0.370 e. The molecule has 0 bridgehead atoms. The molecule has 0 spiro atoms. The molecule has 0 fully saturated rings. The number of fused-ring (bicyclic) bond motifs is 1. The van der Waals surface area contributed by atoms with Crippen LogP contribution in [0.4, 0.5) is 5.82 Å². The van der Waals surface area contributed by atoms with Gasteiger partial charge in [-0.15, -0.1) is 0 Å². The molecule has 4 heteroatoms. The van der Waals surface area contributed by atoms with Gasteiger partial charge in [0, 0.05) is 23.6 Å². The molecule has 1 aromatic heterocycles. The van der Waals surface area contributed by atoms with Crippen molar-refractivity contribution in [1.82, 2.24) is 4.98 Å². The van der Waals surface area contributed by atoms with Crippen molar-refractivity contribution >= 4 is 5.82 Å². The van der Waals surface area contributed by atoms with Crippen LogP contribution in [-0.2, 0) is 24.2 Å². The Balaban J connectivity index is 1.77. The van der Waals surface area contributed by atoms with E-state index in [-0.39, 0.29) is 11.6 Å². The molecular formula is C26H27N3O. The van der Waals surface area contributed by atoms with E-state index in [0.717, 1.165) is 28.8 Å². The average molecular weight is 398 g/mol. The molecule has 2 aromatic carbocycles. The summed E-state index contributed by atoms with van der Waals surface area (Å²) in [6.45, 7) is 6.74. The van der Waals surface area contributed by atoms with Crippen LogP contribution in [0.25, 0.3) is 11.3 Å². The Kier molecular flexibility index (Phi) is 5.57. The fraction of sp³-hybridized carbons (Fsp3) is 0.308. The number of hydrogen-bond acceptors (Lipinski definition) is 4.